The fraction of sp³-hybridized carbons (Fsp3) is 0.862. The highest BCUT2D eigenvalue weighted by molar-refractivity contribution is 7.07. The van der Waals surface area contributed by atoms with E-state index in [2.05, 4.69) is 28.6 Å². The number of aromatic nitrogens is 1. The molecular weight excluding hydrogens is 474 g/mol. The van der Waals surface area contributed by atoms with Gasteiger partial charge in [0, 0.05) is 6.42 Å². The maximum absolute atomic E-state index is 11.8. The molecule has 2 atom stereocenters. The summed E-state index contributed by atoms with van der Waals surface area (Å²) in [6.45, 7) is 4.42. The maximum atomic E-state index is 11.8. The molecule has 0 N–H and O–H groups in total. The third-order valence-electron chi connectivity index (χ3n) is 6.80. The molecule has 1 saturated heterocycles. The molecular formula is C29H52NO5S+. The summed E-state index contributed by atoms with van der Waals surface area (Å²) >= 11 is 1.71. The van der Waals surface area contributed by atoms with Crippen molar-refractivity contribution in [2.45, 2.75) is 141 Å². The first-order valence-electron chi connectivity index (χ1n) is 14.8. The minimum atomic E-state index is -0.604. The largest absolute Gasteiger partial charge is 0.508 e. The van der Waals surface area contributed by atoms with Gasteiger partial charge >= 0.3 is 6.16 Å². The summed E-state index contributed by atoms with van der Waals surface area (Å²) in [6, 6.07) is 0. The van der Waals surface area contributed by atoms with E-state index in [4.69, 9.17) is 18.9 Å². The summed E-state index contributed by atoms with van der Waals surface area (Å²) in [5.41, 5.74) is 2.13. The second-order valence-electron chi connectivity index (χ2n) is 10.1. The lowest BCUT2D eigenvalue weighted by Crippen LogP contribution is -2.29. The molecule has 0 amide bonds. The molecule has 0 radical (unpaired) electrons. The van der Waals surface area contributed by atoms with E-state index < -0.39 is 6.16 Å². The Kier molecular flexibility index (Phi) is 18.9. The first-order valence-corrected chi connectivity index (χ1v) is 15.7. The zero-order chi connectivity index (χ0) is 25.5. The molecule has 0 bridgehead atoms. The highest BCUT2D eigenvalue weighted by atomic mass is 32.1. The quantitative estimate of drug-likeness (QED) is 0.0822. The Morgan fingerprint density at radius 3 is 2.17 bits per heavy atom. The molecule has 1 aromatic heterocycles. The van der Waals surface area contributed by atoms with Gasteiger partial charge in [-0.25, -0.2) is 4.79 Å². The Hall–Kier alpha value is -1.18. The average molecular weight is 527 g/mol. The summed E-state index contributed by atoms with van der Waals surface area (Å²) in [6.07, 6.45) is 23.9. The SMILES string of the molecule is CCCCCCCCCCCCCCCC1OCC(COC(=O)OCCCCCC[n+]2ccsc2)O1. The Morgan fingerprint density at radius 1 is 0.861 bits per heavy atom. The van der Waals surface area contributed by atoms with Gasteiger partial charge in [0.05, 0.1) is 18.6 Å². The first kappa shape index (κ1) is 31.0. The Labute approximate surface area is 224 Å². The number of carbonyl (C=O) groups is 1. The number of nitrogens with zero attached hydrogens (tertiary/aromatic N) is 1. The normalized spacial score (nSPS) is 17.5. The third kappa shape index (κ3) is 16.5. The number of rotatable bonds is 23. The monoisotopic (exact) mass is 526 g/mol. The summed E-state index contributed by atoms with van der Waals surface area (Å²) < 4.78 is 24.2. The fourth-order valence-electron chi connectivity index (χ4n) is 4.57. The number of hydrogen-bond donors (Lipinski definition) is 0. The van der Waals surface area contributed by atoms with Gasteiger partial charge in [0.1, 0.15) is 19.3 Å². The van der Waals surface area contributed by atoms with Crippen molar-refractivity contribution in [3.05, 3.63) is 17.1 Å². The summed E-state index contributed by atoms with van der Waals surface area (Å²) in [5, 5.41) is 2.09. The molecule has 0 saturated carbocycles. The molecule has 208 valence electrons. The molecule has 1 fully saturated rings. The lowest BCUT2D eigenvalue weighted by atomic mass is 10.0. The predicted molar refractivity (Wildman–Crippen MR) is 145 cm³/mol. The van der Waals surface area contributed by atoms with Crippen LogP contribution in [0.2, 0.25) is 0 Å². The molecule has 1 aromatic rings. The van der Waals surface area contributed by atoms with E-state index >= 15 is 0 Å². The fourth-order valence-corrected chi connectivity index (χ4v) is 5.20. The van der Waals surface area contributed by atoms with Crippen molar-refractivity contribution in [2.75, 3.05) is 19.8 Å². The molecule has 1 aliphatic heterocycles. The number of thiazole rings is 1. The van der Waals surface area contributed by atoms with Crippen LogP contribution in [-0.2, 0) is 25.5 Å². The second kappa shape index (κ2) is 21.9. The topological polar surface area (TPSA) is 57.9 Å². The van der Waals surface area contributed by atoms with Crippen LogP contribution < -0.4 is 4.57 Å². The lowest BCUT2D eigenvalue weighted by molar-refractivity contribution is -0.692. The zero-order valence-electron chi connectivity index (χ0n) is 22.8. The first-order chi connectivity index (χ1) is 17.8. The van der Waals surface area contributed by atoms with Crippen molar-refractivity contribution < 1.29 is 28.3 Å². The van der Waals surface area contributed by atoms with Crippen molar-refractivity contribution in [3.63, 3.8) is 0 Å². The van der Waals surface area contributed by atoms with E-state index in [1.807, 2.05) is 0 Å². The number of unbranched alkanes of at least 4 members (excludes halogenated alkanes) is 15. The van der Waals surface area contributed by atoms with E-state index in [0.717, 1.165) is 45.1 Å². The Morgan fingerprint density at radius 2 is 1.50 bits per heavy atom. The van der Waals surface area contributed by atoms with Gasteiger partial charge in [-0.3, -0.25) is 0 Å². The van der Waals surface area contributed by atoms with Gasteiger partial charge in [0.25, 0.3) is 0 Å². The van der Waals surface area contributed by atoms with Gasteiger partial charge < -0.3 is 18.9 Å². The number of ether oxygens (including phenoxy) is 4. The number of carbonyl (C=O) groups excluding carboxylic acids is 1. The van der Waals surface area contributed by atoms with Crippen molar-refractivity contribution in [3.8, 4) is 0 Å². The molecule has 1 aliphatic rings. The summed E-state index contributed by atoms with van der Waals surface area (Å²) in [5.74, 6) is 0. The van der Waals surface area contributed by atoms with E-state index in [9.17, 15) is 4.79 Å². The van der Waals surface area contributed by atoms with Crippen LogP contribution in [0.5, 0.6) is 0 Å². The van der Waals surface area contributed by atoms with Crippen LogP contribution in [0.1, 0.15) is 122 Å². The molecule has 2 rings (SSSR count). The average Bonchev–Trinajstić information content (AvgIpc) is 3.57. The minimum absolute atomic E-state index is 0.158. The standard InChI is InChI=1S/C29H52NO5S/c1-2-3-4-5-6-7-8-9-10-11-12-13-16-19-28-33-24-27(35-28)25-34-29(31)32-22-18-15-14-17-20-30-21-23-36-26-30/h21,23,26-28H,2-20,22,24-25H2,1H3/q+1. The van der Waals surface area contributed by atoms with Gasteiger partial charge in [0.15, 0.2) is 12.5 Å². The van der Waals surface area contributed by atoms with Crippen molar-refractivity contribution in [2.24, 2.45) is 0 Å². The van der Waals surface area contributed by atoms with E-state index in [0.29, 0.717) is 13.2 Å². The molecule has 6 nitrogen and oxygen atoms in total. The molecule has 36 heavy (non-hydrogen) atoms. The van der Waals surface area contributed by atoms with Gasteiger partial charge in [-0.1, -0.05) is 95.3 Å². The molecule has 7 heteroatoms. The van der Waals surface area contributed by atoms with Crippen LogP contribution in [0.15, 0.2) is 17.1 Å². The summed E-state index contributed by atoms with van der Waals surface area (Å²) in [7, 11) is 0. The highest BCUT2D eigenvalue weighted by Crippen LogP contribution is 2.19. The molecule has 0 aromatic carbocycles. The van der Waals surface area contributed by atoms with Crippen molar-refractivity contribution in [1.82, 2.24) is 0 Å². The van der Waals surface area contributed by atoms with Gasteiger partial charge in [0.2, 0.25) is 5.51 Å². The van der Waals surface area contributed by atoms with Crippen LogP contribution in [0, 0.1) is 0 Å². The van der Waals surface area contributed by atoms with Crippen molar-refractivity contribution in [1.29, 1.82) is 0 Å². The Bertz CT molecular complexity index is 627. The zero-order valence-corrected chi connectivity index (χ0v) is 23.7. The second-order valence-corrected chi connectivity index (χ2v) is 10.9. The summed E-state index contributed by atoms with van der Waals surface area (Å²) in [4.78, 5) is 11.8. The van der Waals surface area contributed by atoms with Gasteiger partial charge in [-0.2, -0.15) is 4.57 Å². The molecule has 0 aliphatic carbocycles. The minimum Gasteiger partial charge on any atom is -0.434 e. The lowest BCUT2D eigenvalue weighted by Gasteiger charge is -2.12. The molecule has 2 heterocycles. The number of aryl methyl sites for hydroxylation is 1. The predicted octanol–water partition coefficient (Wildman–Crippen LogP) is 7.97. The van der Waals surface area contributed by atoms with Crippen LogP contribution >= 0.6 is 11.3 Å². The number of hydrogen-bond acceptors (Lipinski definition) is 6. The maximum Gasteiger partial charge on any atom is 0.508 e. The van der Waals surface area contributed by atoms with Gasteiger partial charge in [-0.05, 0) is 32.1 Å². The molecule has 0 spiro atoms. The van der Waals surface area contributed by atoms with Gasteiger partial charge in [-0.15, -0.1) is 0 Å². The smallest absolute Gasteiger partial charge is 0.434 e. The van der Waals surface area contributed by atoms with E-state index in [-0.39, 0.29) is 19.0 Å². The van der Waals surface area contributed by atoms with Crippen LogP contribution in [0.25, 0.3) is 0 Å². The van der Waals surface area contributed by atoms with Crippen LogP contribution in [-0.4, -0.2) is 38.4 Å². The van der Waals surface area contributed by atoms with E-state index in [1.165, 1.54) is 77.0 Å². The Balaban J connectivity index is 1.31. The third-order valence-corrected chi connectivity index (χ3v) is 7.47. The highest BCUT2D eigenvalue weighted by Gasteiger charge is 2.26. The van der Waals surface area contributed by atoms with Crippen molar-refractivity contribution >= 4 is 17.5 Å². The van der Waals surface area contributed by atoms with Crippen LogP contribution in [0.3, 0.4) is 0 Å². The molecule has 2 unspecified atom stereocenters. The van der Waals surface area contributed by atoms with E-state index in [1.54, 1.807) is 11.3 Å². The van der Waals surface area contributed by atoms with Crippen LogP contribution in [0.4, 0.5) is 4.79 Å².